The predicted octanol–water partition coefficient (Wildman–Crippen LogP) is 14.1. The van der Waals surface area contributed by atoms with Crippen LogP contribution in [0.25, 0.3) is 55.0 Å². The number of nitrogens with zero attached hydrogens (tertiary/aromatic N) is 1. The molecule has 1 aliphatic heterocycles. The highest BCUT2D eigenvalue weighted by atomic mass is 32.2. The first-order chi connectivity index (χ1) is 26.7. The molecule has 54 heavy (non-hydrogen) atoms. The average Bonchev–Trinajstić information content (AvgIpc) is 3.87. The zero-order chi connectivity index (χ0) is 35.5. The summed E-state index contributed by atoms with van der Waals surface area (Å²) in [7, 11) is 0. The van der Waals surface area contributed by atoms with E-state index in [1.54, 1.807) is 0 Å². The third-order valence-electron chi connectivity index (χ3n) is 11.7. The van der Waals surface area contributed by atoms with Crippen LogP contribution < -0.4 is 4.90 Å². The minimum atomic E-state index is -0.513. The number of fused-ring (bicyclic) bond motifs is 15. The van der Waals surface area contributed by atoms with Crippen LogP contribution in [0.5, 0.6) is 0 Å². The SMILES string of the molecule is Cc1ccccc1N(c1ccc2c(c1)Sc1cc3oc4ccccc4c3cc1C21c2ccccc2-c2ccccc21)c1cccc2c1oc1ccccc12. The molecule has 10 aromatic rings. The van der Waals surface area contributed by atoms with Crippen molar-refractivity contribution >= 4 is 72.7 Å². The van der Waals surface area contributed by atoms with Gasteiger partial charge in [-0.25, -0.2) is 0 Å². The summed E-state index contributed by atoms with van der Waals surface area (Å²) in [6, 6.07) is 61.6. The molecule has 254 valence electrons. The topological polar surface area (TPSA) is 29.5 Å². The summed E-state index contributed by atoms with van der Waals surface area (Å²) in [5.74, 6) is 0. The summed E-state index contributed by atoms with van der Waals surface area (Å²) in [4.78, 5) is 4.80. The highest BCUT2D eigenvalue weighted by Gasteiger charge is 2.50. The van der Waals surface area contributed by atoms with E-state index in [0.717, 1.165) is 60.9 Å². The lowest BCUT2D eigenvalue weighted by atomic mass is 9.67. The molecule has 0 N–H and O–H groups in total. The van der Waals surface area contributed by atoms with Gasteiger partial charge in [0.05, 0.1) is 11.1 Å². The van der Waals surface area contributed by atoms with E-state index in [-0.39, 0.29) is 0 Å². The maximum atomic E-state index is 6.67. The third-order valence-corrected chi connectivity index (χ3v) is 12.8. The zero-order valence-corrected chi connectivity index (χ0v) is 30.2. The van der Waals surface area contributed by atoms with Gasteiger partial charge in [-0.15, -0.1) is 0 Å². The molecule has 0 amide bonds. The molecular weight excluding hydrogens is 679 g/mol. The van der Waals surface area contributed by atoms with E-state index in [1.165, 1.54) is 48.7 Å². The first kappa shape index (κ1) is 30.0. The van der Waals surface area contributed by atoms with Crippen LogP contribution in [0.15, 0.2) is 188 Å². The van der Waals surface area contributed by atoms with Crippen molar-refractivity contribution in [2.45, 2.75) is 22.1 Å². The summed E-state index contributed by atoms with van der Waals surface area (Å²) in [6.07, 6.45) is 0. The number of benzene rings is 8. The van der Waals surface area contributed by atoms with Gasteiger partial charge in [-0.05, 0) is 94.4 Å². The lowest BCUT2D eigenvalue weighted by Crippen LogP contribution is -2.32. The van der Waals surface area contributed by atoms with Gasteiger partial charge >= 0.3 is 0 Å². The molecule has 0 unspecified atom stereocenters. The van der Waals surface area contributed by atoms with Crippen molar-refractivity contribution < 1.29 is 8.83 Å². The fraction of sp³-hybridized carbons (Fsp3) is 0.0400. The number of furan rings is 2. The highest BCUT2D eigenvalue weighted by Crippen LogP contribution is 2.63. The van der Waals surface area contributed by atoms with Crippen molar-refractivity contribution in [2.24, 2.45) is 0 Å². The molecule has 0 radical (unpaired) electrons. The molecule has 8 aromatic carbocycles. The quantitative estimate of drug-likeness (QED) is 0.183. The first-order valence-electron chi connectivity index (χ1n) is 18.4. The molecule has 1 spiro atoms. The average molecular weight is 710 g/mol. The van der Waals surface area contributed by atoms with Gasteiger partial charge in [-0.1, -0.05) is 133 Å². The Bertz CT molecular complexity index is 3140. The van der Waals surface area contributed by atoms with Crippen LogP contribution in [0.4, 0.5) is 17.1 Å². The van der Waals surface area contributed by atoms with Crippen molar-refractivity contribution in [3.8, 4) is 11.1 Å². The second-order valence-corrected chi connectivity index (χ2v) is 15.5. The van der Waals surface area contributed by atoms with Gasteiger partial charge in [0.15, 0.2) is 5.58 Å². The molecular formula is C50H31NO2S. The second-order valence-electron chi connectivity index (χ2n) is 14.4. The predicted molar refractivity (Wildman–Crippen MR) is 222 cm³/mol. The summed E-state index contributed by atoms with van der Waals surface area (Å²) in [6.45, 7) is 2.19. The number of hydrogen-bond donors (Lipinski definition) is 0. The van der Waals surface area contributed by atoms with Crippen LogP contribution in [-0.4, -0.2) is 0 Å². The Kier molecular flexibility index (Phi) is 6.12. The van der Waals surface area contributed by atoms with Gasteiger partial charge in [-0.2, -0.15) is 0 Å². The van der Waals surface area contributed by atoms with Crippen LogP contribution >= 0.6 is 11.8 Å². The van der Waals surface area contributed by atoms with Crippen LogP contribution in [0.1, 0.15) is 27.8 Å². The van der Waals surface area contributed by atoms with E-state index in [1.807, 2.05) is 23.9 Å². The Morgan fingerprint density at radius 3 is 1.83 bits per heavy atom. The number of hydrogen-bond acceptors (Lipinski definition) is 4. The normalized spacial score (nSPS) is 13.7. The molecule has 3 nitrogen and oxygen atoms in total. The number of aryl methyl sites for hydroxylation is 1. The van der Waals surface area contributed by atoms with Crippen LogP contribution in [0, 0.1) is 6.92 Å². The Balaban J connectivity index is 1.16. The lowest BCUT2D eigenvalue weighted by Gasteiger charge is -2.40. The standard InChI is InChI=1S/C50H31NO2S/c1-30-13-2-9-21-42(30)51(43-22-12-18-36-34-16-5-11-24-45(34)53-49(36)43)31-25-26-40-47(27-31)54-48-29-46-37(35-17-6-10-23-44(35)52-46)28-41(48)50(40)38-19-7-3-14-32(38)33-15-4-8-20-39(33)50/h2-29H,1H3. The Morgan fingerprint density at radius 1 is 0.444 bits per heavy atom. The minimum Gasteiger partial charge on any atom is -0.456 e. The van der Waals surface area contributed by atoms with Gasteiger partial charge < -0.3 is 13.7 Å². The van der Waals surface area contributed by atoms with Crippen molar-refractivity contribution in [1.82, 2.24) is 0 Å². The molecule has 0 saturated carbocycles. The van der Waals surface area contributed by atoms with Crippen molar-refractivity contribution in [3.63, 3.8) is 0 Å². The summed E-state index contributed by atoms with van der Waals surface area (Å²) in [5.41, 5.74) is 15.3. The van der Waals surface area contributed by atoms with Gasteiger partial charge in [0.2, 0.25) is 0 Å². The Hall–Kier alpha value is -6.49. The molecule has 1 aliphatic carbocycles. The van der Waals surface area contributed by atoms with E-state index in [9.17, 15) is 0 Å². The minimum absolute atomic E-state index is 0.513. The summed E-state index contributed by atoms with van der Waals surface area (Å²) in [5, 5.41) is 4.52. The number of rotatable bonds is 3. The lowest BCUT2D eigenvalue weighted by molar-refractivity contribution is 0.664. The maximum Gasteiger partial charge on any atom is 0.159 e. The van der Waals surface area contributed by atoms with E-state index in [0.29, 0.717) is 0 Å². The second kappa shape index (κ2) is 11.0. The van der Waals surface area contributed by atoms with Crippen molar-refractivity contribution in [1.29, 1.82) is 0 Å². The van der Waals surface area contributed by atoms with Gasteiger partial charge in [0, 0.05) is 42.7 Å². The fourth-order valence-electron chi connectivity index (χ4n) is 9.38. The van der Waals surface area contributed by atoms with Crippen LogP contribution in [0.2, 0.25) is 0 Å². The van der Waals surface area contributed by atoms with E-state index < -0.39 is 5.41 Å². The molecule has 0 fully saturated rings. The molecule has 4 heteroatoms. The van der Waals surface area contributed by atoms with E-state index >= 15 is 0 Å². The summed E-state index contributed by atoms with van der Waals surface area (Å²) < 4.78 is 13.2. The molecule has 0 saturated heterocycles. The highest BCUT2D eigenvalue weighted by molar-refractivity contribution is 7.99. The monoisotopic (exact) mass is 709 g/mol. The maximum absolute atomic E-state index is 6.67. The zero-order valence-electron chi connectivity index (χ0n) is 29.3. The molecule has 2 aromatic heterocycles. The van der Waals surface area contributed by atoms with E-state index in [4.69, 9.17) is 8.83 Å². The van der Waals surface area contributed by atoms with Gasteiger partial charge in [-0.3, -0.25) is 0 Å². The van der Waals surface area contributed by atoms with Gasteiger partial charge in [0.25, 0.3) is 0 Å². The van der Waals surface area contributed by atoms with Gasteiger partial charge in [0.1, 0.15) is 16.7 Å². The number of anilines is 3. The number of para-hydroxylation sites is 4. The van der Waals surface area contributed by atoms with Crippen molar-refractivity contribution in [2.75, 3.05) is 4.90 Å². The van der Waals surface area contributed by atoms with Crippen LogP contribution in [-0.2, 0) is 5.41 Å². The van der Waals surface area contributed by atoms with Crippen molar-refractivity contribution in [3.05, 3.63) is 198 Å². The smallest absolute Gasteiger partial charge is 0.159 e. The molecule has 12 rings (SSSR count). The summed E-state index contributed by atoms with van der Waals surface area (Å²) >= 11 is 1.84. The van der Waals surface area contributed by atoms with E-state index in [2.05, 4.69) is 170 Å². The first-order valence-corrected chi connectivity index (χ1v) is 19.2. The molecule has 2 aliphatic rings. The third kappa shape index (κ3) is 3.93. The largest absolute Gasteiger partial charge is 0.456 e. The Labute approximate surface area is 316 Å². The molecule has 0 bridgehead atoms. The molecule has 3 heterocycles. The Morgan fingerprint density at radius 2 is 1.06 bits per heavy atom. The fourth-order valence-corrected chi connectivity index (χ4v) is 10.6. The van der Waals surface area contributed by atoms with Crippen LogP contribution in [0.3, 0.4) is 0 Å². The molecule has 0 atom stereocenters.